The number of hydrogen-bond donors (Lipinski definition) is 0. The highest BCUT2D eigenvalue weighted by atomic mass is 19.1. The lowest BCUT2D eigenvalue weighted by molar-refractivity contribution is -0.148. The standard InChI is InChI=1S/C29H43FN4O3/c1-2-37-28(36)9-3-8-26-25-7-5-15-33-14-4-6-22(29(25)33)20-34(26)27(35)21-31-16-18-32(19-17-31)24-12-10-23(30)11-13-24/h10-13,22,25-26,29H,2-9,14-21H2,1H3. The fraction of sp³-hybridized carbons (Fsp3) is 0.724. The lowest BCUT2D eigenvalue weighted by Crippen LogP contribution is -2.66. The quantitative estimate of drug-likeness (QED) is 0.496. The summed E-state index contributed by atoms with van der Waals surface area (Å²) >= 11 is 0. The van der Waals surface area contributed by atoms with E-state index < -0.39 is 0 Å². The largest absolute Gasteiger partial charge is 0.466 e. The van der Waals surface area contributed by atoms with Crippen LogP contribution in [-0.4, -0.2) is 97.6 Å². The second-order valence-corrected chi connectivity index (χ2v) is 11.3. The highest BCUT2D eigenvalue weighted by molar-refractivity contribution is 5.79. The third kappa shape index (κ3) is 6.11. The smallest absolute Gasteiger partial charge is 0.305 e. The molecule has 0 aromatic heterocycles. The molecule has 4 atom stereocenters. The molecule has 1 aromatic rings. The number of halogens is 1. The van der Waals surface area contributed by atoms with Crippen LogP contribution in [0.2, 0.25) is 0 Å². The topological polar surface area (TPSA) is 56.3 Å². The Balaban J connectivity index is 1.22. The molecule has 4 aliphatic rings. The van der Waals surface area contributed by atoms with Crippen LogP contribution in [0.3, 0.4) is 0 Å². The second-order valence-electron chi connectivity index (χ2n) is 11.3. The molecular formula is C29H43FN4O3. The first-order valence-electron chi connectivity index (χ1n) is 14.5. The average Bonchev–Trinajstić information content (AvgIpc) is 2.91. The van der Waals surface area contributed by atoms with Crippen LogP contribution in [0.25, 0.3) is 0 Å². The molecule has 1 aromatic carbocycles. The first kappa shape index (κ1) is 26.4. The van der Waals surface area contributed by atoms with E-state index in [9.17, 15) is 14.0 Å². The molecule has 0 bridgehead atoms. The van der Waals surface area contributed by atoms with Crippen LogP contribution in [0.5, 0.6) is 0 Å². The molecule has 7 nitrogen and oxygen atoms in total. The van der Waals surface area contributed by atoms with Crippen molar-refractivity contribution in [2.75, 3.05) is 63.9 Å². The molecule has 8 heteroatoms. The number of piperidine rings is 3. The van der Waals surface area contributed by atoms with Gasteiger partial charge in [0.2, 0.25) is 5.91 Å². The first-order chi connectivity index (χ1) is 18.0. The van der Waals surface area contributed by atoms with Gasteiger partial charge in [-0.15, -0.1) is 0 Å². The van der Waals surface area contributed by atoms with E-state index in [4.69, 9.17) is 4.74 Å². The van der Waals surface area contributed by atoms with Gasteiger partial charge in [0, 0.05) is 56.9 Å². The van der Waals surface area contributed by atoms with Crippen molar-refractivity contribution < 1.29 is 18.7 Å². The van der Waals surface area contributed by atoms with E-state index in [2.05, 4.69) is 19.6 Å². The van der Waals surface area contributed by atoms with Gasteiger partial charge in [-0.05, 0) is 94.6 Å². The molecule has 0 radical (unpaired) electrons. The number of carbonyl (C=O) groups is 2. The van der Waals surface area contributed by atoms with Gasteiger partial charge in [-0.3, -0.25) is 19.4 Å². The Hall–Kier alpha value is -2.19. The Bertz CT molecular complexity index is 918. The maximum atomic E-state index is 13.8. The highest BCUT2D eigenvalue weighted by Gasteiger charge is 2.49. The third-order valence-corrected chi connectivity index (χ3v) is 9.10. The van der Waals surface area contributed by atoms with Gasteiger partial charge >= 0.3 is 5.97 Å². The number of rotatable bonds is 8. The molecule has 4 heterocycles. The summed E-state index contributed by atoms with van der Waals surface area (Å²) < 4.78 is 18.5. The fourth-order valence-electron chi connectivity index (χ4n) is 7.44. The summed E-state index contributed by atoms with van der Waals surface area (Å²) in [5.74, 6) is 0.982. The summed E-state index contributed by atoms with van der Waals surface area (Å²) in [6.07, 6.45) is 6.92. The molecule has 0 N–H and O–H groups in total. The van der Waals surface area contributed by atoms with Gasteiger partial charge in [0.25, 0.3) is 0 Å². The SMILES string of the molecule is CCOC(=O)CCCC1C2CCCN3CCCC(CN1C(=O)CN1CCN(c4ccc(F)cc4)CC1)C23. The van der Waals surface area contributed by atoms with Crippen molar-refractivity contribution in [2.45, 2.75) is 64.0 Å². The van der Waals surface area contributed by atoms with Gasteiger partial charge in [0.1, 0.15) is 5.82 Å². The van der Waals surface area contributed by atoms with Crippen molar-refractivity contribution in [2.24, 2.45) is 11.8 Å². The molecule has 204 valence electrons. The van der Waals surface area contributed by atoms with E-state index in [0.29, 0.717) is 37.5 Å². The number of benzene rings is 1. The van der Waals surface area contributed by atoms with Crippen molar-refractivity contribution in [3.05, 3.63) is 30.1 Å². The van der Waals surface area contributed by atoms with Gasteiger partial charge in [-0.1, -0.05) is 0 Å². The molecule has 0 aliphatic carbocycles. The Morgan fingerprint density at radius 3 is 2.46 bits per heavy atom. The van der Waals surface area contributed by atoms with Crippen molar-refractivity contribution in [1.29, 1.82) is 0 Å². The molecule has 0 saturated carbocycles. The van der Waals surface area contributed by atoms with Crippen LogP contribution in [0, 0.1) is 17.7 Å². The van der Waals surface area contributed by atoms with Gasteiger partial charge in [0.15, 0.2) is 0 Å². The lowest BCUT2D eigenvalue weighted by Gasteiger charge is -2.57. The minimum atomic E-state index is -0.215. The van der Waals surface area contributed by atoms with Crippen LogP contribution in [0.15, 0.2) is 24.3 Å². The summed E-state index contributed by atoms with van der Waals surface area (Å²) in [5.41, 5.74) is 1.04. The number of likely N-dealkylation sites (tertiary alicyclic amines) is 1. The normalized spacial score (nSPS) is 28.6. The first-order valence-corrected chi connectivity index (χ1v) is 14.5. The van der Waals surface area contributed by atoms with Crippen LogP contribution < -0.4 is 4.90 Å². The molecule has 4 fully saturated rings. The zero-order chi connectivity index (χ0) is 25.8. The predicted molar refractivity (Wildman–Crippen MR) is 142 cm³/mol. The van der Waals surface area contributed by atoms with Crippen molar-refractivity contribution in [3.63, 3.8) is 0 Å². The molecule has 0 spiro atoms. The van der Waals surface area contributed by atoms with E-state index in [-0.39, 0.29) is 23.7 Å². The number of nitrogens with zero attached hydrogens (tertiary/aromatic N) is 4. The molecular weight excluding hydrogens is 471 g/mol. The van der Waals surface area contributed by atoms with Gasteiger partial charge < -0.3 is 14.5 Å². The molecule has 4 saturated heterocycles. The van der Waals surface area contributed by atoms with Crippen molar-refractivity contribution in [1.82, 2.24) is 14.7 Å². The van der Waals surface area contributed by atoms with Crippen molar-refractivity contribution in [3.8, 4) is 0 Å². The minimum Gasteiger partial charge on any atom is -0.466 e. The van der Waals surface area contributed by atoms with Crippen LogP contribution in [0.4, 0.5) is 10.1 Å². The van der Waals surface area contributed by atoms with E-state index in [0.717, 1.165) is 51.3 Å². The van der Waals surface area contributed by atoms with Gasteiger partial charge in [0.05, 0.1) is 13.2 Å². The Kier molecular flexibility index (Phi) is 8.65. The molecule has 4 unspecified atom stereocenters. The number of amides is 1. The average molecular weight is 515 g/mol. The Morgan fingerprint density at radius 2 is 1.73 bits per heavy atom. The highest BCUT2D eigenvalue weighted by Crippen LogP contribution is 2.43. The Labute approximate surface area is 220 Å². The summed E-state index contributed by atoms with van der Waals surface area (Å²) in [4.78, 5) is 35.3. The predicted octanol–water partition coefficient (Wildman–Crippen LogP) is 3.38. The Morgan fingerprint density at radius 1 is 1.00 bits per heavy atom. The summed E-state index contributed by atoms with van der Waals surface area (Å²) in [6.45, 7) is 9.30. The number of carbonyl (C=O) groups excluding carboxylic acids is 2. The maximum absolute atomic E-state index is 13.8. The third-order valence-electron chi connectivity index (χ3n) is 9.10. The van der Waals surface area contributed by atoms with Crippen LogP contribution in [0.1, 0.15) is 51.9 Å². The summed E-state index contributed by atoms with van der Waals surface area (Å²) in [7, 11) is 0. The van der Waals surface area contributed by atoms with E-state index in [1.165, 1.54) is 50.9 Å². The number of ether oxygens (including phenoxy) is 1. The molecule has 1 amide bonds. The number of anilines is 1. The molecule has 4 aliphatic heterocycles. The fourth-order valence-corrected chi connectivity index (χ4v) is 7.44. The number of piperazine rings is 1. The van der Waals surface area contributed by atoms with Gasteiger partial charge in [-0.25, -0.2) is 4.39 Å². The zero-order valence-electron chi connectivity index (χ0n) is 22.3. The second kappa shape index (κ2) is 12.1. The van der Waals surface area contributed by atoms with Gasteiger partial charge in [-0.2, -0.15) is 0 Å². The summed E-state index contributed by atoms with van der Waals surface area (Å²) in [5, 5.41) is 0. The van der Waals surface area contributed by atoms with Crippen LogP contribution >= 0.6 is 0 Å². The maximum Gasteiger partial charge on any atom is 0.305 e. The number of hydrogen-bond acceptors (Lipinski definition) is 6. The summed E-state index contributed by atoms with van der Waals surface area (Å²) in [6, 6.07) is 7.49. The van der Waals surface area contributed by atoms with Crippen molar-refractivity contribution >= 4 is 17.6 Å². The van der Waals surface area contributed by atoms with E-state index in [1.807, 2.05) is 19.1 Å². The number of esters is 1. The van der Waals surface area contributed by atoms with Crippen LogP contribution in [-0.2, 0) is 14.3 Å². The monoisotopic (exact) mass is 514 g/mol. The molecule has 37 heavy (non-hydrogen) atoms. The van der Waals surface area contributed by atoms with E-state index >= 15 is 0 Å². The lowest BCUT2D eigenvalue weighted by atomic mass is 9.69. The minimum absolute atomic E-state index is 0.129. The molecule has 5 rings (SSSR count). The zero-order valence-corrected chi connectivity index (χ0v) is 22.3. The van der Waals surface area contributed by atoms with E-state index in [1.54, 1.807) is 0 Å².